The molecule has 2 saturated carbocycles. The normalized spacial score (nSPS) is 24.4. The van der Waals surface area contributed by atoms with Gasteiger partial charge in [0.1, 0.15) is 18.7 Å². The van der Waals surface area contributed by atoms with Gasteiger partial charge in [0.25, 0.3) is 11.8 Å². The Bertz CT molecular complexity index is 1810. The quantitative estimate of drug-likeness (QED) is 0.130. The van der Waals surface area contributed by atoms with Gasteiger partial charge in [-0.05, 0) is 143 Å². The predicted molar refractivity (Wildman–Crippen MR) is 255 cm³/mol. The molecule has 0 bridgehead atoms. The summed E-state index contributed by atoms with van der Waals surface area (Å²) in [7, 11) is 7.73. The number of alkyl halides is 4. The molecule has 1 amide bonds. The van der Waals surface area contributed by atoms with Crippen molar-refractivity contribution in [3.8, 4) is 0 Å². The third kappa shape index (κ3) is 14.6. The van der Waals surface area contributed by atoms with Crippen LogP contribution in [0.2, 0.25) is 0 Å². The summed E-state index contributed by atoms with van der Waals surface area (Å²) >= 11 is 0. The lowest BCUT2D eigenvalue weighted by molar-refractivity contribution is -0.000246. The summed E-state index contributed by atoms with van der Waals surface area (Å²) in [5.41, 5.74) is 5.48. The van der Waals surface area contributed by atoms with Crippen LogP contribution < -0.4 is 5.32 Å². The van der Waals surface area contributed by atoms with Crippen LogP contribution in [0.1, 0.15) is 166 Å². The fourth-order valence-electron chi connectivity index (χ4n) is 10.6. The molecule has 2 aromatic rings. The van der Waals surface area contributed by atoms with E-state index >= 15 is 0 Å². The zero-order valence-corrected chi connectivity index (χ0v) is 41.9. The molecule has 16 heteroatoms. The second kappa shape index (κ2) is 23.7. The Morgan fingerprint density at radius 1 is 0.712 bits per heavy atom. The number of ether oxygens (including phenoxy) is 3. The molecule has 380 valence electrons. The summed E-state index contributed by atoms with van der Waals surface area (Å²) in [6, 6.07) is 0. The number of nitrogens with zero attached hydrogens (tertiary/aromatic N) is 7. The van der Waals surface area contributed by atoms with Crippen LogP contribution >= 0.6 is 0 Å². The lowest BCUT2D eigenvalue weighted by Gasteiger charge is -2.40. The lowest BCUT2D eigenvalue weighted by Crippen LogP contribution is -2.38. The molecule has 12 nitrogen and oxygen atoms in total. The number of rotatable bonds is 20. The number of aromatic nitrogens is 4. The molecule has 0 atom stereocenters. The van der Waals surface area contributed by atoms with Gasteiger partial charge in [-0.3, -0.25) is 19.2 Å². The molecule has 0 unspecified atom stereocenters. The van der Waals surface area contributed by atoms with Gasteiger partial charge in [-0.2, -0.15) is 10.2 Å². The minimum absolute atomic E-state index is 0. The zero-order valence-electron chi connectivity index (χ0n) is 41.9. The second-order valence-corrected chi connectivity index (χ2v) is 21.0. The fourth-order valence-corrected chi connectivity index (χ4v) is 10.6. The van der Waals surface area contributed by atoms with E-state index in [-0.39, 0.29) is 56.2 Å². The van der Waals surface area contributed by atoms with Crippen LogP contribution in [0.4, 0.5) is 22.4 Å². The topological polar surface area (TPSA) is 102 Å². The van der Waals surface area contributed by atoms with Crippen LogP contribution in [-0.4, -0.2) is 139 Å². The lowest BCUT2D eigenvalue weighted by atomic mass is 9.67. The first kappa shape index (κ1) is 55.8. The van der Waals surface area contributed by atoms with Gasteiger partial charge in [-0.15, -0.1) is 0 Å². The first-order valence-electron chi connectivity index (χ1n) is 24.6. The minimum atomic E-state index is -2.73. The summed E-state index contributed by atoms with van der Waals surface area (Å²) in [6.45, 7) is 20.8. The molecule has 1 N–H and O–H groups in total. The first-order valence-corrected chi connectivity index (χ1v) is 24.6. The van der Waals surface area contributed by atoms with Crippen molar-refractivity contribution in [3.63, 3.8) is 0 Å². The average Bonchev–Trinajstić information content (AvgIpc) is 3.93. The Labute approximate surface area is 395 Å². The molecule has 2 aromatic heterocycles. The minimum Gasteiger partial charge on any atom is -0.444 e. The Morgan fingerprint density at radius 2 is 1.12 bits per heavy atom. The highest BCUT2D eigenvalue weighted by Crippen LogP contribution is 2.50. The Morgan fingerprint density at radius 3 is 1.48 bits per heavy atom. The van der Waals surface area contributed by atoms with Crippen molar-refractivity contribution in [2.45, 2.75) is 188 Å². The number of hydrogen-bond acceptors (Lipinski definition) is 9. The monoisotopic (exact) mass is 941 g/mol. The van der Waals surface area contributed by atoms with E-state index in [0.717, 1.165) is 138 Å². The SMILES string of the molecule is C.CCOCC1(CC)CCC(c2c(CN(C)CCN(C)C(=O)OC(C)(C)C)nn3c2CC(F)(F)C3)CC1.CCOCC1(CC)CCC(c2c(CN(C)CCNC)nn3c2CC(F)(F)C3)CC1. The first-order chi connectivity index (χ1) is 30.6. The third-order valence-corrected chi connectivity index (χ3v) is 14.7. The van der Waals surface area contributed by atoms with Gasteiger partial charge >= 0.3 is 6.09 Å². The van der Waals surface area contributed by atoms with Crippen molar-refractivity contribution in [1.29, 1.82) is 0 Å². The Hall–Kier alpha value is -2.79. The molecular weight excluding hydrogens is 853 g/mol. The van der Waals surface area contributed by atoms with E-state index in [4.69, 9.17) is 14.2 Å². The average molecular weight is 941 g/mol. The van der Waals surface area contributed by atoms with E-state index < -0.39 is 17.4 Å². The smallest absolute Gasteiger partial charge is 0.410 e. The van der Waals surface area contributed by atoms with Gasteiger partial charge < -0.3 is 24.4 Å². The van der Waals surface area contributed by atoms with Gasteiger partial charge in [0, 0.05) is 82.0 Å². The van der Waals surface area contributed by atoms with E-state index in [1.807, 2.05) is 48.7 Å². The summed E-state index contributed by atoms with van der Waals surface area (Å²) in [6.07, 6.45) is 9.77. The van der Waals surface area contributed by atoms with E-state index in [1.165, 1.54) is 0 Å². The van der Waals surface area contributed by atoms with Crippen LogP contribution in [0.3, 0.4) is 0 Å². The molecule has 66 heavy (non-hydrogen) atoms. The molecule has 4 aliphatic rings. The van der Waals surface area contributed by atoms with Crippen LogP contribution in [0, 0.1) is 10.8 Å². The highest BCUT2D eigenvalue weighted by atomic mass is 19.3. The molecule has 2 aliphatic heterocycles. The second-order valence-electron chi connectivity index (χ2n) is 21.0. The standard InChI is InChI=1S/C27H46F2N4O3.C22H38F2N4O.CH4/c1-8-26(19-35-9-2)12-10-20(11-13-26)23-21(30-33-18-27(28,29)16-22(23)33)17-31(6)14-15-32(7)24(34)36-25(3,4)5;1-5-21(16-29-6-2)9-7-17(8-10-21)20-18(14-27(4)12-11-25-3)26-28-15-22(23,24)13-19(20)28;/h20H,8-19H2,1-7H3;17,25H,5-16H2,1-4H3;1H4. The van der Waals surface area contributed by atoms with E-state index in [1.54, 1.807) is 21.3 Å². The van der Waals surface area contributed by atoms with Crippen molar-refractivity contribution >= 4 is 6.09 Å². The maximum Gasteiger partial charge on any atom is 0.410 e. The molecule has 0 aromatic carbocycles. The van der Waals surface area contributed by atoms with Crippen LogP contribution in [0.5, 0.6) is 0 Å². The largest absolute Gasteiger partial charge is 0.444 e. The molecule has 2 aliphatic carbocycles. The van der Waals surface area contributed by atoms with E-state index in [9.17, 15) is 22.4 Å². The number of likely N-dealkylation sites (N-methyl/N-ethyl adjacent to an activating group) is 4. The number of hydrogen-bond donors (Lipinski definition) is 1. The van der Waals surface area contributed by atoms with Gasteiger partial charge in [0.15, 0.2) is 0 Å². The maximum atomic E-state index is 14.3. The molecule has 0 spiro atoms. The van der Waals surface area contributed by atoms with E-state index in [2.05, 4.69) is 46.2 Å². The zero-order chi connectivity index (χ0) is 47.8. The summed E-state index contributed by atoms with van der Waals surface area (Å²) in [4.78, 5) is 18.2. The van der Waals surface area contributed by atoms with Crippen molar-refractivity contribution in [1.82, 2.24) is 39.6 Å². The number of carbonyl (C=O) groups is 1. The van der Waals surface area contributed by atoms with Crippen LogP contribution in [0.25, 0.3) is 0 Å². The fraction of sp³-hybridized carbons (Fsp3) is 0.860. The summed E-state index contributed by atoms with van der Waals surface area (Å²) < 4.78 is 76.9. The molecule has 2 fully saturated rings. The molecule has 0 saturated heterocycles. The number of carbonyl (C=O) groups excluding carboxylic acids is 1. The van der Waals surface area contributed by atoms with E-state index in [0.29, 0.717) is 31.2 Å². The summed E-state index contributed by atoms with van der Waals surface area (Å²) in [5, 5.41) is 12.5. The van der Waals surface area contributed by atoms with Crippen molar-refractivity contribution in [3.05, 3.63) is 33.9 Å². The third-order valence-electron chi connectivity index (χ3n) is 14.7. The highest BCUT2D eigenvalue weighted by molar-refractivity contribution is 5.67. The van der Waals surface area contributed by atoms with Gasteiger partial charge in [0.05, 0.1) is 37.4 Å². The molecule has 4 heterocycles. The Balaban J connectivity index is 0.000000290. The molecular formula is C50H88F4N8O4. The molecule has 6 rings (SSSR count). The number of halogens is 4. The van der Waals surface area contributed by atoms with Gasteiger partial charge in [-0.25, -0.2) is 22.4 Å². The van der Waals surface area contributed by atoms with Crippen molar-refractivity contribution in [2.75, 3.05) is 80.8 Å². The molecule has 0 radical (unpaired) electrons. The maximum absolute atomic E-state index is 14.3. The number of amides is 1. The number of nitrogens with one attached hydrogen (secondary N) is 1. The van der Waals surface area contributed by atoms with Gasteiger partial charge in [-0.1, -0.05) is 21.3 Å². The highest BCUT2D eigenvalue weighted by Gasteiger charge is 2.46. The van der Waals surface area contributed by atoms with Crippen LogP contribution in [0.15, 0.2) is 0 Å². The van der Waals surface area contributed by atoms with Crippen molar-refractivity contribution < 1.29 is 36.6 Å². The number of fused-ring (bicyclic) bond motifs is 2. The summed E-state index contributed by atoms with van der Waals surface area (Å²) in [5.74, 6) is -4.81. The predicted octanol–water partition coefficient (Wildman–Crippen LogP) is 9.92. The van der Waals surface area contributed by atoms with Gasteiger partial charge in [0.2, 0.25) is 0 Å². The Kier molecular flexibility index (Phi) is 20.0. The van der Waals surface area contributed by atoms with Crippen LogP contribution in [-0.2, 0) is 53.2 Å². The van der Waals surface area contributed by atoms with Crippen molar-refractivity contribution in [2.24, 2.45) is 10.8 Å².